The van der Waals surface area contributed by atoms with Gasteiger partial charge in [-0.15, -0.1) is 0 Å². The van der Waals surface area contributed by atoms with Gasteiger partial charge < -0.3 is 15.1 Å². The summed E-state index contributed by atoms with van der Waals surface area (Å²) in [7, 11) is 0. The maximum absolute atomic E-state index is 5.61. The van der Waals surface area contributed by atoms with Crippen molar-refractivity contribution in [1.29, 1.82) is 0 Å². The van der Waals surface area contributed by atoms with Gasteiger partial charge in [-0.25, -0.2) is 15.0 Å². The van der Waals surface area contributed by atoms with Crippen LogP contribution >= 0.6 is 12.2 Å². The van der Waals surface area contributed by atoms with Crippen molar-refractivity contribution < 1.29 is 0 Å². The first-order chi connectivity index (χ1) is 16.4. The summed E-state index contributed by atoms with van der Waals surface area (Å²) in [6.07, 6.45) is 1.82. The summed E-state index contributed by atoms with van der Waals surface area (Å²) in [6.45, 7) is 11.2. The molecule has 176 valence electrons. The molecule has 3 heterocycles. The van der Waals surface area contributed by atoms with E-state index < -0.39 is 0 Å². The second kappa shape index (κ2) is 10.6. The minimum absolute atomic E-state index is 0.379. The number of pyridine rings is 1. The number of nitrogens with zero attached hydrogens (tertiary/aromatic N) is 6. The SMILES string of the molecule is Cc1cc(C)cc(NC(=S)/N=C(/Nc2nc(C)cc(C)n2)N2CCN(c3ccccn3)CC2)c1. The summed E-state index contributed by atoms with van der Waals surface area (Å²) in [5, 5.41) is 6.95. The number of guanidine groups is 1. The molecule has 1 saturated heterocycles. The maximum Gasteiger partial charge on any atom is 0.229 e. The fraction of sp³-hybridized carbons (Fsp3) is 0.320. The summed E-state index contributed by atoms with van der Waals surface area (Å²) in [6, 6.07) is 14.2. The minimum Gasteiger partial charge on any atom is -0.353 e. The Kier molecular flexibility index (Phi) is 7.32. The van der Waals surface area contributed by atoms with Gasteiger partial charge in [0.2, 0.25) is 17.0 Å². The number of anilines is 3. The number of nitrogens with one attached hydrogen (secondary N) is 2. The molecule has 9 heteroatoms. The highest BCUT2D eigenvalue weighted by atomic mass is 32.1. The molecule has 0 bridgehead atoms. The molecule has 0 amide bonds. The Hall–Kier alpha value is -3.59. The van der Waals surface area contributed by atoms with Crippen LogP contribution in [-0.2, 0) is 0 Å². The second-order valence-corrected chi connectivity index (χ2v) is 8.89. The lowest BCUT2D eigenvalue weighted by atomic mass is 10.1. The summed E-state index contributed by atoms with van der Waals surface area (Å²) in [4.78, 5) is 22.7. The van der Waals surface area contributed by atoms with Gasteiger partial charge in [-0.2, -0.15) is 4.99 Å². The third kappa shape index (κ3) is 6.26. The zero-order valence-corrected chi connectivity index (χ0v) is 20.9. The van der Waals surface area contributed by atoms with E-state index in [-0.39, 0.29) is 0 Å². The zero-order valence-electron chi connectivity index (χ0n) is 20.0. The molecule has 0 unspecified atom stereocenters. The molecule has 0 aliphatic carbocycles. The quantitative estimate of drug-likeness (QED) is 0.334. The van der Waals surface area contributed by atoms with Crippen LogP contribution in [0, 0.1) is 27.7 Å². The van der Waals surface area contributed by atoms with Crippen LogP contribution in [0.15, 0.2) is 53.7 Å². The molecule has 3 aromatic rings. The third-order valence-corrected chi connectivity index (χ3v) is 5.63. The number of hydrogen-bond donors (Lipinski definition) is 2. The largest absolute Gasteiger partial charge is 0.353 e. The van der Waals surface area contributed by atoms with Crippen LogP contribution in [0.3, 0.4) is 0 Å². The highest BCUT2D eigenvalue weighted by Crippen LogP contribution is 2.16. The average Bonchev–Trinajstić information content (AvgIpc) is 2.78. The van der Waals surface area contributed by atoms with Gasteiger partial charge in [0.1, 0.15) is 5.82 Å². The molecule has 0 saturated carbocycles. The normalized spacial score (nSPS) is 14.2. The predicted molar refractivity (Wildman–Crippen MR) is 143 cm³/mol. The lowest BCUT2D eigenvalue weighted by molar-refractivity contribution is 0.384. The average molecular weight is 475 g/mol. The molecule has 1 aliphatic rings. The minimum atomic E-state index is 0.379. The topological polar surface area (TPSA) is 81.6 Å². The lowest BCUT2D eigenvalue weighted by Gasteiger charge is -2.36. The van der Waals surface area contributed by atoms with Gasteiger partial charge in [-0.05, 0) is 81.4 Å². The summed E-state index contributed by atoms with van der Waals surface area (Å²) in [5.41, 5.74) is 5.05. The van der Waals surface area contributed by atoms with Crippen LogP contribution in [0.4, 0.5) is 17.5 Å². The molecular weight excluding hydrogens is 444 g/mol. The van der Waals surface area contributed by atoms with Crippen LogP contribution in [0.2, 0.25) is 0 Å². The van der Waals surface area contributed by atoms with Gasteiger partial charge in [0.05, 0.1) is 0 Å². The monoisotopic (exact) mass is 474 g/mol. The Labute approximate surface area is 206 Å². The number of hydrogen-bond acceptors (Lipinski definition) is 5. The number of aliphatic imine (C=N–C) groups is 1. The predicted octanol–water partition coefficient (Wildman–Crippen LogP) is 4.09. The van der Waals surface area contributed by atoms with Crippen molar-refractivity contribution in [2.75, 3.05) is 41.7 Å². The van der Waals surface area contributed by atoms with Crippen molar-refractivity contribution in [3.05, 3.63) is 71.2 Å². The maximum atomic E-state index is 5.61. The van der Waals surface area contributed by atoms with E-state index in [4.69, 9.17) is 17.2 Å². The van der Waals surface area contributed by atoms with E-state index in [2.05, 4.69) is 67.4 Å². The molecule has 2 N–H and O–H groups in total. The summed E-state index contributed by atoms with van der Waals surface area (Å²) >= 11 is 5.61. The summed E-state index contributed by atoms with van der Waals surface area (Å²) in [5.74, 6) is 2.13. The fourth-order valence-corrected chi connectivity index (χ4v) is 4.25. The molecular formula is C25H30N8S. The number of benzene rings is 1. The van der Waals surface area contributed by atoms with E-state index >= 15 is 0 Å². The van der Waals surface area contributed by atoms with Gasteiger partial charge >= 0.3 is 0 Å². The number of rotatable bonds is 3. The van der Waals surface area contributed by atoms with Crippen LogP contribution in [0.1, 0.15) is 22.5 Å². The Morgan fingerprint density at radius 3 is 2.18 bits per heavy atom. The van der Waals surface area contributed by atoms with Gasteiger partial charge in [-0.1, -0.05) is 12.1 Å². The Morgan fingerprint density at radius 2 is 1.56 bits per heavy atom. The molecule has 0 atom stereocenters. The lowest BCUT2D eigenvalue weighted by Crippen LogP contribution is -2.51. The van der Waals surface area contributed by atoms with Gasteiger partial charge in [-0.3, -0.25) is 5.32 Å². The first kappa shape index (κ1) is 23.6. The van der Waals surface area contributed by atoms with Crippen LogP contribution < -0.4 is 15.5 Å². The molecule has 1 aliphatic heterocycles. The van der Waals surface area contributed by atoms with Crippen molar-refractivity contribution in [1.82, 2.24) is 19.9 Å². The van der Waals surface area contributed by atoms with E-state index in [9.17, 15) is 0 Å². The molecule has 1 fully saturated rings. The van der Waals surface area contributed by atoms with E-state index in [1.54, 1.807) is 0 Å². The molecule has 0 spiro atoms. The van der Waals surface area contributed by atoms with Crippen molar-refractivity contribution in [2.45, 2.75) is 27.7 Å². The Bertz CT molecular complexity index is 1150. The van der Waals surface area contributed by atoms with Gasteiger partial charge in [0.15, 0.2) is 0 Å². The fourth-order valence-electron chi connectivity index (χ4n) is 4.04. The van der Waals surface area contributed by atoms with E-state index in [1.165, 1.54) is 11.1 Å². The standard InChI is InChI=1S/C25H30N8S/c1-17-13-18(2)15-21(14-17)29-25(34)31-24(30-23-27-19(3)16-20(4)28-23)33-11-9-32(10-12-33)22-7-5-6-8-26-22/h5-8,13-16H,9-12H2,1-4H3,(H2,27,28,29,30,31,34). The zero-order chi connectivity index (χ0) is 24.1. The third-order valence-electron chi connectivity index (χ3n) is 5.44. The van der Waals surface area contributed by atoms with Crippen molar-refractivity contribution in [3.8, 4) is 0 Å². The number of piperazine rings is 1. The van der Waals surface area contributed by atoms with Crippen molar-refractivity contribution in [3.63, 3.8) is 0 Å². The first-order valence-electron chi connectivity index (χ1n) is 11.3. The molecule has 2 aromatic heterocycles. The van der Waals surface area contributed by atoms with E-state index in [0.29, 0.717) is 17.0 Å². The molecule has 1 aromatic carbocycles. The van der Waals surface area contributed by atoms with Crippen LogP contribution in [0.5, 0.6) is 0 Å². The van der Waals surface area contributed by atoms with E-state index in [1.807, 2.05) is 44.3 Å². The molecule has 4 rings (SSSR count). The van der Waals surface area contributed by atoms with Crippen molar-refractivity contribution >= 4 is 40.7 Å². The van der Waals surface area contributed by atoms with Gasteiger partial charge in [0, 0.05) is 49.5 Å². The van der Waals surface area contributed by atoms with Gasteiger partial charge in [0.25, 0.3) is 0 Å². The second-order valence-electron chi connectivity index (χ2n) is 8.50. The Balaban J connectivity index is 1.54. The highest BCUT2D eigenvalue weighted by Gasteiger charge is 2.22. The molecule has 34 heavy (non-hydrogen) atoms. The Morgan fingerprint density at radius 1 is 0.882 bits per heavy atom. The van der Waals surface area contributed by atoms with Crippen LogP contribution in [-0.4, -0.2) is 57.1 Å². The van der Waals surface area contributed by atoms with Crippen LogP contribution in [0.25, 0.3) is 0 Å². The number of thiocarbonyl (C=S) groups is 1. The molecule has 0 radical (unpaired) electrons. The number of aryl methyl sites for hydroxylation is 4. The molecule has 8 nitrogen and oxygen atoms in total. The smallest absolute Gasteiger partial charge is 0.229 e. The van der Waals surface area contributed by atoms with Crippen molar-refractivity contribution in [2.24, 2.45) is 4.99 Å². The summed E-state index contributed by atoms with van der Waals surface area (Å²) < 4.78 is 0. The number of aromatic nitrogens is 3. The van der Waals surface area contributed by atoms with E-state index in [0.717, 1.165) is 49.1 Å². The first-order valence-corrected chi connectivity index (χ1v) is 11.7. The highest BCUT2D eigenvalue weighted by molar-refractivity contribution is 7.80.